The van der Waals surface area contributed by atoms with Crippen molar-refractivity contribution < 1.29 is 23.1 Å². The van der Waals surface area contributed by atoms with Gasteiger partial charge in [0.15, 0.2) is 9.84 Å². The minimum absolute atomic E-state index is 0.0107. The highest BCUT2D eigenvalue weighted by Gasteiger charge is 2.33. The highest BCUT2D eigenvalue weighted by atomic mass is 35.5. The van der Waals surface area contributed by atoms with Gasteiger partial charge in [-0.25, -0.2) is 8.42 Å². The van der Waals surface area contributed by atoms with Crippen LogP contribution < -0.4 is 10.6 Å². The standard InChI is InChI=1S/C25H22ClN3O5S/c1-3-23(35(33,34)18-6-4-5-15(2)11-18)25(32)28-20-13-22(30)21(12-19(20)26)29-24(31)17-9-7-16(14-27)8-10-17/h4-13,23,30H,3H2,1-2H3,(H,28,32)(H,29,31). The number of sulfone groups is 1. The van der Waals surface area contributed by atoms with E-state index in [1.165, 1.54) is 42.5 Å². The van der Waals surface area contributed by atoms with Gasteiger partial charge in [0, 0.05) is 11.6 Å². The summed E-state index contributed by atoms with van der Waals surface area (Å²) in [5.74, 6) is -1.74. The molecule has 0 heterocycles. The second-order valence-electron chi connectivity index (χ2n) is 7.74. The molecule has 0 saturated carbocycles. The maximum absolute atomic E-state index is 13.0. The molecule has 3 aromatic carbocycles. The van der Waals surface area contributed by atoms with Crippen LogP contribution in [-0.2, 0) is 14.6 Å². The molecule has 0 aromatic heterocycles. The molecule has 0 radical (unpaired) electrons. The molecule has 3 aromatic rings. The summed E-state index contributed by atoms with van der Waals surface area (Å²) < 4.78 is 26.1. The van der Waals surface area contributed by atoms with Crippen LogP contribution in [-0.4, -0.2) is 30.6 Å². The molecule has 10 heteroatoms. The summed E-state index contributed by atoms with van der Waals surface area (Å²) in [6.45, 7) is 3.34. The fourth-order valence-corrected chi connectivity index (χ4v) is 5.30. The lowest BCUT2D eigenvalue weighted by atomic mass is 10.1. The number of phenols is 1. The van der Waals surface area contributed by atoms with Crippen LogP contribution in [0.15, 0.2) is 65.6 Å². The van der Waals surface area contributed by atoms with E-state index in [0.29, 0.717) is 5.56 Å². The summed E-state index contributed by atoms with van der Waals surface area (Å²) in [6, 6.07) is 16.5. The first-order valence-corrected chi connectivity index (χ1v) is 12.4. The van der Waals surface area contributed by atoms with E-state index in [2.05, 4.69) is 10.6 Å². The minimum Gasteiger partial charge on any atom is -0.506 e. The first kappa shape index (κ1) is 25.7. The molecule has 0 aliphatic heterocycles. The van der Waals surface area contributed by atoms with Crippen LogP contribution in [0.4, 0.5) is 11.4 Å². The number of carbonyl (C=O) groups excluding carboxylic acids is 2. The quantitative estimate of drug-likeness (QED) is 0.394. The van der Waals surface area contributed by atoms with Crippen LogP contribution in [0.5, 0.6) is 5.75 Å². The van der Waals surface area contributed by atoms with Crippen molar-refractivity contribution in [2.45, 2.75) is 30.4 Å². The van der Waals surface area contributed by atoms with E-state index in [4.69, 9.17) is 16.9 Å². The van der Waals surface area contributed by atoms with E-state index in [1.807, 2.05) is 6.07 Å². The number of hydrogen-bond acceptors (Lipinski definition) is 6. The number of aryl methyl sites for hydroxylation is 1. The monoisotopic (exact) mass is 511 g/mol. The Kier molecular flexibility index (Phi) is 7.79. The molecule has 180 valence electrons. The maximum atomic E-state index is 13.0. The van der Waals surface area contributed by atoms with E-state index in [0.717, 1.165) is 11.6 Å². The molecule has 0 bridgehead atoms. The third-order valence-electron chi connectivity index (χ3n) is 5.22. The average molecular weight is 512 g/mol. The van der Waals surface area contributed by atoms with Crippen LogP contribution >= 0.6 is 11.6 Å². The number of rotatable bonds is 7. The number of nitrogens with zero attached hydrogens (tertiary/aromatic N) is 1. The number of halogens is 1. The number of hydrogen-bond donors (Lipinski definition) is 3. The fourth-order valence-electron chi connectivity index (χ4n) is 3.36. The van der Waals surface area contributed by atoms with Gasteiger partial charge in [0.05, 0.1) is 32.9 Å². The first-order chi connectivity index (χ1) is 16.6. The van der Waals surface area contributed by atoms with Crippen molar-refractivity contribution in [3.63, 3.8) is 0 Å². The van der Waals surface area contributed by atoms with E-state index in [-0.39, 0.29) is 39.0 Å². The molecule has 3 rings (SSSR count). The van der Waals surface area contributed by atoms with Crippen molar-refractivity contribution in [3.05, 3.63) is 82.4 Å². The summed E-state index contributed by atoms with van der Waals surface area (Å²) >= 11 is 6.25. The Morgan fingerprint density at radius 1 is 1.06 bits per heavy atom. The summed E-state index contributed by atoms with van der Waals surface area (Å²) in [5.41, 5.74) is 1.37. The Hall–Kier alpha value is -3.87. The zero-order valence-electron chi connectivity index (χ0n) is 18.9. The van der Waals surface area contributed by atoms with Crippen LogP contribution in [0.3, 0.4) is 0 Å². The number of aromatic hydroxyl groups is 1. The number of benzene rings is 3. The van der Waals surface area contributed by atoms with Gasteiger partial charge in [-0.1, -0.05) is 30.7 Å². The van der Waals surface area contributed by atoms with Crippen LogP contribution in [0.25, 0.3) is 0 Å². The van der Waals surface area contributed by atoms with E-state index < -0.39 is 26.9 Å². The predicted octanol–water partition coefficient (Wildman–Crippen LogP) is 4.67. The number of nitriles is 1. The lowest BCUT2D eigenvalue weighted by Gasteiger charge is -2.18. The van der Waals surface area contributed by atoms with Crippen molar-refractivity contribution in [1.82, 2.24) is 0 Å². The predicted molar refractivity (Wildman–Crippen MR) is 133 cm³/mol. The number of carbonyl (C=O) groups is 2. The fraction of sp³-hybridized carbons (Fsp3) is 0.160. The number of anilines is 2. The van der Waals surface area contributed by atoms with Crippen LogP contribution in [0.1, 0.15) is 34.8 Å². The van der Waals surface area contributed by atoms with Crippen molar-refractivity contribution in [2.24, 2.45) is 0 Å². The molecule has 35 heavy (non-hydrogen) atoms. The molecule has 0 spiro atoms. The SMILES string of the molecule is CCC(C(=O)Nc1cc(O)c(NC(=O)c2ccc(C#N)cc2)cc1Cl)S(=O)(=O)c1cccc(C)c1. The zero-order valence-corrected chi connectivity index (χ0v) is 20.4. The smallest absolute Gasteiger partial charge is 0.255 e. The minimum atomic E-state index is -3.97. The highest BCUT2D eigenvalue weighted by molar-refractivity contribution is 7.92. The van der Waals surface area contributed by atoms with Gasteiger partial charge >= 0.3 is 0 Å². The number of amides is 2. The van der Waals surface area contributed by atoms with Crippen LogP contribution in [0.2, 0.25) is 5.02 Å². The topological polar surface area (TPSA) is 136 Å². The molecular formula is C25H22ClN3O5S. The molecule has 0 saturated heterocycles. The summed E-state index contributed by atoms with van der Waals surface area (Å²) in [5, 5.41) is 22.8. The summed E-state index contributed by atoms with van der Waals surface area (Å²) in [7, 11) is -3.97. The molecule has 8 nitrogen and oxygen atoms in total. The Bertz CT molecular complexity index is 1430. The van der Waals surface area contributed by atoms with Crippen LogP contribution in [0, 0.1) is 18.3 Å². The van der Waals surface area contributed by atoms with Crippen molar-refractivity contribution in [3.8, 4) is 11.8 Å². The van der Waals surface area contributed by atoms with Gasteiger partial charge in [-0.05, 0) is 61.4 Å². The van der Waals surface area contributed by atoms with Crippen molar-refractivity contribution >= 4 is 44.6 Å². The van der Waals surface area contributed by atoms with Gasteiger partial charge in [0.25, 0.3) is 5.91 Å². The average Bonchev–Trinajstić information content (AvgIpc) is 2.82. The second kappa shape index (κ2) is 10.6. The first-order valence-electron chi connectivity index (χ1n) is 10.5. The molecular weight excluding hydrogens is 490 g/mol. The Labute approximate surface area is 208 Å². The van der Waals surface area contributed by atoms with Gasteiger partial charge < -0.3 is 15.7 Å². The second-order valence-corrected chi connectivity index (χ2v) is 10.3. The molecule has 3 N–H and O–H groups in total. The molecule has 1 atom stereocenters. The number of nitrogens with one attached hydrogen (secondary N) is 2. The molecule has 0 aliphatic rings. The Morgan fingerprint density at radius 2 is 1.74 bits per heavy atom. The molecule has 2 amide bonds. The molecule has 0 fully saturated rings. The van der Waals surface area contributed by atoms with Gasteiger partial charge in [-0.2, -0.15) is 5.26 Å². The molecule has 0 aliphatic carbocycles. The Balaban J connectivity index is 1.80. The van der Waals surface area contributed by atoms with Crippen molar-refractivity contribution in [1.29, 1.82) is 5.26 Å². The van der Waals surface area contributed by atoms with Gasteiger partial charge in [0.1, 0.15) is 11.0 Å². The lowest BCUT2D eigenvalue weighted by Crippen LogP contribution is -2.34. The highest BCUT2D eigenvalue weighted by Crippen LogP contribution is 2.34. The summed E-state index contributed by atoms with van der Waals surface area (Å²) in [6.07, 6.45) is 0.0183. The Morgan fingerprint density at radius 3 is 2.34 bits per heavy atom. The third kappa shape index (κ3) is 5.80. The van der Waals surface area contributed by atoms with Crippen molar-refractivity contribution in [2.75, 3.05) is 10.6 Å². The molecule has 1 unspecified atom stereocenters. The van der Waals surface area contributed by atoms with Gasteiger partial charge in [-0.15, -0.1) is 0 Å². The van der Waals surface area contributed by atoms with E-state index >= 15 is 0 Å². The third-order valence-corrected chi connectivity index (χ3v) is 7.74. The lowest BCUT2D eigenvalue weighted by molar-refractivity contribution is -0.115. The van der Waals surface area contributed by atoms with Gasteiger partial charge in [0.2, 0.25) is 5.91 Å². The van der Waals surface area contributed by atoms with Gasteiger partial charge in [-0.3, -0.25) is 9.59 Å². The summed E-state index contributed by atoms with van der Waals surface area (Å²) in [4.78, 5) is 25.4. The zero-order chi connectivity index (χ0) is 25.8. The van der Waals surface area contributed by atoms with E-state index in [1.54, 1.807) is 26.0 Å². The maximum Gasteiger partial charge on any atom is 0.255 e. The number of phenolic OH excluding ortho intramolecular Hbond substituents is 1. The largest absolute Gasteiger partial charge is 0.506 e. The van der Waals surface area contributed by atoms with E-state index in [9.17, 15) is 23.1 Å². The normalized spacial score (nSPS) is 11.8.